The largest absolute Gasteiger partial charge is 0.497 e. The Bertz CT molecular complexity index is 521. The molecular formula is C10H10N2O2S2. The van der Waals surface area contributed by atoms with Crippen LogP contribution in [0.25, 0.3) is 0 Å². The smallest absolute Gasteiger partial charge is 0.176 e. The molecule has 0 saturated carbocycles. The van der Waals surface area contributed by atoms with Gasteiger partial charge in [-0.1, -0.05) is 17.4 Å². The quantitative estimate of drug-likeness (QED) is 0.852. The summed E-state index contributed by atoms with van der Waals surface area (Å²) in [4.78, 5) is 0. The van der Waals surface area contributed by atoms with Crippen molar-refractivity contribution >= 4 is 23.6 Å². The molecule has 84 valence electrons. The summed E-state index contributed by atoms with van der Waals surface area (Å²) in [5.74, 6) is 1.52. The van der Waals surface area contributed by atoms with Crippen LogP contribution in [-0.2, 0) is 6.61 Å². The Morgan fingerprint density at radius 3 is 2.94 bits per heavy atom. The maximum Gasteiger partial charge on any atom is 0.176 e. The van der Waals surface area contributed by atoms with Crippen LogP contribution in [0.5, 0.6) is 11.5 Å². The zero-order chi connectivity index (χ0) is 11.4. The topological polar surface area (TPSA) is 47.1 Å². The second-order valence-corrected chi connectivity index (χ2v) is 4.72. The summed E-state index contributed by atoms with van der Waals surface area (Å²) >= 11 is 6.34. The van der Waals surface area contributed by atoms with E-state index < -0.39 is 0 Å². The minimum absolute atomic E-state index is 0.408. The number of hydrogen-bond acceptors (Lipinski definition) is 5. The highest BCUT2D eigenvalue weighted by Gasteiger charge is 2.00. The first-order valence-electron chi connectivity index (χ1n) is 4.59. The molecule has 0 aliphatic carbocycles. The molecule has 0 spiro atoms. The third kappa shape index (κ3) is 2.80. The number of aromatic nitrogens is 2. The Morgan fingerprint density at radius 1 is 1.44 bits per heavy atom. The van der Waals surface area contributed by atoms with Crippen LogP contribution in [-0.4, -0.2) is 17.3 Å². The van der Waals surface area contributed by atoms with Crippen molar-refractivity contribution in [1.82, 2.24) is 10.2 Å². The predicted molar refractivity (Wildman–Crippen MR) is 64.6 cm³/mol. The molecule has 0 aliphatic rings. The van der Waals surface area contributed by atoms with E-state index >= 15 is 0 Å². The Kier molecular flexibility index (Phi) is 3.53. The Balaban J connectivity index is 2.01. The van der Waals surface area contributed by atoms with Gasteiger partial charge < -0.3 is 9.47 Å². The molecule has 0 aliphatic heterocycles. The van der Waals surface area contributed by atoms with Gasteiger partial charge in [-0.15, -0.1) is 0 Å². The minimum Gasteiger partial charge on any atom is -0.497 e. The van der Waals surface area contributed by atoms with Crippen molar-refractivity contribution in [2.24, 2.45) is 0 Å². The fourth-order valence-electron chi connectivity index (χ4n) is 1.16. The van der Waals surface area contributed by atoms with E-state index in [2.05, 4.69) is 10.2 Å². The molecule has 2 rings (SSSR count). The summed E-state index contributed by atoms with van der Waals surface area (Å²) in [7, 11) is 1.62. The maximum atomic E-state index is 5.55. The zero-order valence-corrected chi connectivity index (χ0v) is 10.2. The molecule has 0 saturated heterocycles. The van der Waals surface area contributed by atoms with Crippen LogP contribution >= 0.6 is 23.6 Å². The molecule has 16 heavy (non-hydrogen) atoms. The number of nitrogens with zero attached hydrogens (tertiary/aromatic N) is 1. The number of rotatable bonds is 4. The van der Waals surface area contributed by atoms with Gasteiger partial charge in [0.25, 0.3) is 0 Å². The summed E-state index contributed by atoms with van der Waals surface area (Å²) in [5, 5.41) is 7.54. The van der Waals surface area contributed by atoms with Crippen LogP contribution in [0.4, 0.5) is 0 Å². The van der Waals surface area contributed by atoms with Crippen LogP contribution in [0.15, 0.2) is 24.3 Å². The summed E-state index contributed by atoms with van der Waals surface area (Å²) in [6, 6.07) is 7.44. The van der Waals surface area contributed by atoms with Crippen molar-refractivity contribution in [1.29, 1.82) is 0 Å². The Morgan fingerprint density at radius 2 is 2.25 bits per heavy atom. The van der Waals surface area contributed by atoms with E-state index in [-0.39, 0.29) is 0 Å². The van der Waals surface area contributed by atoms with E-state index in [1.54, 1.807) is 7.11 Å². The fourth-order valence-corrected chi connectivity index (χ4v) is 2.01. The molecule has 1 heterocycles. The van der Waals surface area contributed by atoms with E-state index in [1.165, 1.54) is 11.3 Å². The minimum atomic E-state index is 0.408. The fraction of sp³-hybridized carbons (Fsp3) is 0.200. The molecule has 0 bridgehead atoms. The lowest BCUT2D eigenvalue weighted by Crippen LogP contribution is -1.95. The van der Waals surface area contributed by atoms with Gasteiger partial charge in [-0.25, -0.2) is 0 Å². The van der Waals surface area contributed by atoms with Crippen molar-refractivity contribution < 1.29 is 9.47 Å². The standard InChI is InChI=1S/C10H10N2O2S2/c1-13-7-3-2-4-8(5-7)14-6-9-11-12-10(15)16-9/h2-5H,6H2,1H3,(H,12,15). The number of H-pyrrole nitrogens is 1. The molecule has 0 unspecified atom stereocenters. The number of aromatic amines is 1. The number of methoxy groups -OCH3 is 1. The first-order valence-corrected chi connectivity index (χ1v) is 5.81. The molecular weight excluding hydrogens is 244 g/mol. The van der Waals surface area contributed by atoms with Gasteiger partial charge in [0, 0.05) is 6.07 Å². The van der Waals surface area contributed by atoms with Gasteiger partial charge >= 0.3 is 0 Å². The van der Waals surface area contributed by atoms with Crippen molar-refractivity contribution in [3.63, 3.8) is 0 Å². The van der Waals surface area contributed by atoms with Gasteiger partial charge in [-0.3, -0.25) is 5.10 Å². The first kappa shape index (κ1) is 11.1. The molecule has 4 nitrogen and oxygen atoms in total. The number of ether oxygens (including phenoxy) is 2. The van der Waals surface area contributed by atoms with Gasteiger partial charge in [-0.05, 0) is 24.4 Å². The highest BCUT2D eigenvalue weighted by Crippen LogP contribution is 2.20. The van der Waals surface area contributed by atoms with E-state index in [4.69, 9.17) is 21.7 Å². The molecule has 0 fully saturated rings. The number of benzene rings is 1. The van der Waals surface area contributed by atoms with Crippen molar-refractivity contribution in [2.75, 3.05) is 7.11 Å². The van der Waals surface area contributed by atoms with Crippen LogP contribution in [0.2, 0.25) is 0 Å². The summed E-state index contributed by atoms with van der Waals surface area (Å²) in [6.45, 7) is 0.408. The molecule has 1 aromatic heterocycles. The molecule has 0 radical (unpaired) electrons. The van der Waals surface area contributed by atoms with Gasteiger partial charge in [0.05, 0.1) is 7.11 Å². The average Bonchev–Trinajstić information content (AvgIpc) is 2.73. The normalized spacial score (nSPS) is 10.1. The van der Waals surface area contributed by atoms with Gasteiger partial charge in [0.2, 0.25) is 0 Å². The number of nitrogens with one attached hydrogen (secondary N) is 1. The third-order valence-corrected chi connectivity index (χ3v) is 2.95. The monoisotopic (exact) mass is 254 g/mol. The predicted octanol–water partition coefficient (Wildman–Crippen LogP) is 2.79. The highest BCUT2D eigenvalue weighted by atomic mass is 32.1. The molecule has 0 atom stereocenters. The maximum absolute atomic E-state index is 5.55. The highest BCUT2D eigenvalue weighted by molar-refractivity contribution is 7.73. The molecule has 0 amide bonds. The van der Waals surface area contributed by atoms with E-state index in [0.29, 0.717) is 10.6 Å². The average molecular weight is 254 g/mol. The van der Waals surface area contributed by atoms with Crippen LogP contribution in [0.3, 0.4) is 0 Å². The molecule has 1 N–H and O–H groups in total. The Hall–Kier alpha value is -1.40. The summed E-state index contributed by atoms with van der Waals surface area (Å²) in [6.07, 6.45) is 0. The van der Waals surface area contributed by atoms with Crippen LogP contribution < -0.4 is 9.47 Å². The SMILES string of the molecule is COc1cccc(OCc2n[nH]c(=S)s2)c1. The lowest BCUT2D eigenvalue weighted by atomic mass is 10.3. The second-order valence-electron chi connectivity index (χ2n) is 2.97. The van der Waals surface area contributed by atoms with Gasteiger partial charge in [0.15, 0.2) is 8.96 Å². The molecule has 2 aromatic rings. The molecule has 1 aromatic carbocycles. The molecule has 6 heteroatoms. The third-order valence-electron chi connectivity index (χ3n) is 1.89. The van der Waals surface area contributed by atoms with Crippen molar-refractivity contribution in [3.05, 3.63) is 33.2 Å². The van der Waals surface area contributed by atoms with Gasteiger partial charge in [-0.2, -0.15) is 5.10 Å². The summed E-state index contributed by atoms with van der Waals surface area (Å²) < 4.78 is 11.3. The van der Waals surface area contributed by atoms with Crippen molar-refractivity contribution in [2.45, 2.75) is 6.61 Å². The Labute approximate surface area is 102 Å². The van der Waals surface area contributed by atoms with E-state index in [9.17, 15) is 0 Å². The summed E-state index contributed by atoms with van der Waals surface area (Å²) in [5.41, 5.74) is 0. The van der Waals surface area contributed by atoms with E-state index in [0.717, 1.165) is 16.5 Å². The lowest BCUT2D eigenvalue weighted by molar-refractivity contribution is 0.302. The first-order chi connectivity index (χ1) is 7.78. The lowest BCUT2D eigenvalue weighted by Gasteiger charge is -2.05. The van der Waals surface area contributed by atoms with Crippen LogP contribution in [0.1, 0.15) is 5.01 Å². The second kappa shape index (κ2) is 5.09. The number of hydrogen-bond donors (Lipinski definition) is 1. The van der Waals surface area contributed by atoms with Crippen LogP contribution in [0, 0.1) is 3.95 Å². The van der Waals surface area contributed by atoms with Crippen molar-refractivity contribution in [3.8, 4) is 11.5 Å². The zero-order valence-electron chi connectivity index (χ0n) is 8.60. The van der Waals surface area contributed by atoms with Gasteiger partial charge in [0.1, 0.15) is 18.1 Å². The van der Waals surface area contributed by atoms with E-state index in [1.807, 2.05) is 24.3 Å².